The Kier molecular flexibility index (Phi) is 9.07. The van der Waals surface area contributed by atoms with E-state index in [1.165, 1.54) is 6.07 Å². The normalized spacial score (nSPS) is 12.7. The number of nitrogens with one attached hydrogen (secondary N) is 2. The molecule has 0 aromatic heterocycles. The van der Waals surface area contributed by atoms with Crippen molar-refractivity contribution in [2.24, 2.45) is 0 Å². The molecule has 1 atom stereocenters. The highest BCUT2D eigenvalue weighted by atomic mass is 16.3. The summed E-state index contributed by atoms with van der Waals surface area (Å²) in [5, 5.41) is 26.1. The first-order chi connectivity index (χ1) is 11.5. The summed E-state index contributed by atoms with van der Waals surface area (Å²) in [5.41, 5.74) is 1.59. The van der Waals surface area contributed by atoms with Gasteiger partial charge in [-0.25, -0.2) is 0 Å². The number of carbonyl (C=O) groups is 1. The van der Waals surface area contributed by atoms with Gasteiger partial charge in [-0.15, -0.1) is 0 Å². The predicted octanol–water partition coefficient (Wildman–Crippen LogP) is 1.96. The van der Waals surface area contributed by atoms with Gasteiger partial charge in [-0.1, -0.05) is 25.1 Å². The second-order valence-corrected chi connectivity index (χ2v) is 5.69. The Labute approximate surface area is 144 Å². The Balaban J connectivity index is 2.74. The third kappa shape index (κ3) is 5.96. The summed E-state index contributed by atoms with van der Waals surface area (Å²) in [7, 11) is 2.08. The van der Waals surface area contributed by atoms with Crippen LogP contribution >= 0.6 is 0 Å². The molecule has 0 saturated carbocycles. The predicted molar refractivity (Wildman–Crippen MR) is 98.1 cm³/mol. The monoisotopic (exact) mass is 335 g/mol. The fraction of sp³-hybridized carbons (Fsp3) is 0.500. The number of aliphatic hydroxyl groups is 1. The molecule has 0 aliphatic carbocycles. The van der Waals surface area contributed by atoms with Crippen LogP contribution < -0.4 is 10.6 Å². The summed E-state index contributed by atoms with van der Waals surface area (Å²) in [4.78, 5) is 13.0. The van der Waals surface area contributed by atoms with Crippen molar-refractivity contribution in [2.45, 2.75) is 26.4 Å². The van der Waals surface area contributed by atoms with E-state index in [0.717, 1.165) is 26.1 Å². The van der Waals surface area contributed by atoms with E-state index in [2.05, 4.69) is 29.5 Å². The molecular formula is C18H29N3O3. The zero-order valence-electron chi connectivity index (χ0n) is 14.7. The molecule has 0 heterocycles. The van der Waals surface area contributed by atoms with Gasteiger partial charge in [0, 0.05) is 12.1 Å². The van der Waals surface area contributed by atoms with Crippen LogP contribution in [0, 0.1) is 0 Å². The Morgan fingerprint density at radius 1 is 1.38 bits per heavy atom. The molecule has 1 unspecified atom stereocenters. The fourth-order valence-corrected chi connectivity index (χ4v) is 2.45. The lowest BCUT2D eigenvalue weighted by atomic mass is 9.99. The number of benzene rings is 1. The minimum Gasteiger partial charge on any atom is -0.506 e. The van der Waals surface area contributed by atoms with E-state index in [1.807, 2.05) is 6.92 Å². The molecular weight excluding hydrogens is 306 g/mol. The second kappa shape index (κ2) is 10.8. The number of aromatic hydroxyl groups is 1. The van der Waals surface area contributed by atoms with E-state index >= 15 is 0 Å². The number of phenols is 1. The van der Waals surface area contributed by atoms with Gasteiger partial charge in [0.25, 0.3) is 0 Å². The van der Waals surface area contributed by atoms with Crippen LogP contribution in [0.15, 0.2) is 18.2 Å². The molecule has 0 fully saturated rings. The third-order valence-corrected chi connectivity index (χ3v) is 3.92. The van der Waals surface area contributed by atoms with Crippen LogP contribution in [0.25, 0.3) is 6.08 Å². The summed E-state index contributed by atoms with van der Waals surface area (Å²) in [5.74, 6) is -0.0262. The Morgan fingerprint density at radius 3 is 2.75 bits per heavy atom. The molecule has 134 valence electrons. The molecule has 1 aromatic carbocycles. The highest BCUT2D eigenvalue weighted by molar-refractivity contribution is 5.84. The topological polar surface area (TPSA) is 84.8 Å². The molecule has 0 aliphatic heterocycles. The van der Waals surface area contributed by atoms with Gasteiger partial charge in [0.05, 0.1) is 11.8 Å². The number of phenolic OH excluding ortho intramolecular Hbond substituents is 1. The van der Waals surface area contributed by atoms with E-state index in [0.29, 0.717) is 29.8 Å². The largest absolute Gasteiger partial charge is 0.506 e. The highest BCUT2D eigenvalue weighted by Gasteiger charge is 2.16. The number of hydrogen-bond donors (Lipinski definition) is 4. The van der Waals surface area contributed by atoms with Crippen molar-refractivity contribution in [1.29, 1.82) is 0 Å². The summed E-state index contributed by atoms with van der Waals surface area (Å²) in [6.45, 7) is 7.22. The SMILES string of the molecule is C/C=C\c1c(C(O)CNCCCN(C)CC)ccc(O)c1NC=O. The number of nitrogens with zero attached hydrogens (tertiary/aromatic N) is 1. The average molecular weight is 335 g/mol. The maximum Gasteiger partial charge on any atom is 0.211 e. The number of hydrogen-bond acceptors (Lipinski definition) is 5. The van der Waals surface area contributed by atoms with Crippen LogP contribution in [-0.4, -0.2) is 54.7 Å². The van der Waals surface area contributed by atoms with Gasteiger partial charge in [0.15, 0.2) is 0 Å². The number of allylic oxidation sites excluding steroid dienone is 1. The summed E-state index contributed by atoms with van der Waals surface area (Å²) < 4.78 is 0. The first-order valence-corrected chi connectivity index (χ1v) is 8.31. The lowest BCUT2D eigenvalue weighted by molar-refractivity contribution is -0.105. The van der Waals surface area contributed by atoms with Crippen molar-refractivity contribution >= 4 is 18.2 Å². The number of anilines is 1. The van der Waals surface area contributed by atoms with E-state index in [4.69, 9.17) is 0 Å². The molecule has 1 amide bonds. The van der Waals surface area contributed by atoms with E-state index in [9.17, 15) is 15.0 Å². The minimum atomic E-state index is -0.729. The smallest absolute Gasteiger partial charge is 0.211 e. The second-order valence-electron chi connectivity index (χ2n) is 5.69. The summed E-state index contributed by atoms with van der Waals surface area (Å²) in [6, 6.07) is 3.16. The molecule has 1 rings (SSSR count). The van der Waals surface area contributed by atoms with Gasteiger partial charge < -0.3 is 25.7 Å². The van der Waals surface area contributed by atoms with E-state index in [-0.39, 0.29) is 5.75 Å². The lowest BCUT2D eigenvalue weighted by Gasteiger charge is -2.19. The number of amides is 1. The van der Waals surface area contributed by atoms with Crippen molar-refractivity contribution in [1.82, 2.24) is 10.2 Å². The molecule has 0 radical (unpaired) electrons. The van der Waals surface area contributed by atoms with Crippen molar-refractivity contribution in [3.8, 4) is 5.75 Å². The highest BCUT2D eigenvalue weighted by Crippen LogP contribution is 2.33. The number of carbonyl (C=O) groups excluding carboxylic acids is 1. The molecule has 0 bridgehead atoms. The van der Waals surface area contributed by atoms with Crippen LogP contribution in [0.1, 0.15) is 37.5 Å². The van der Waals surface area contributed by atoms with Crippen LogP contribution in [0.2, 0.25) is 0 Å². The molecule has 24 heavy (non-hydrogen) atoms. The molecule has 0 aliphatic rings. The Bertz CT molecular complexity index is 547. The van der Waals surface area contributed by atoms with Gasteiger partial charge in [-0.2, -0.15) is 0 Å². The fourth-order valence-electron chi connectivity index (χ4n) is 2.45. The van der Waals surface area contributed by atoms with Crippen LogP contribution in [0.4, 0.5) is 5.69 Å². The zero-order valence-corrected chi connectivity index (χ0v) is 14.7. The van der Waals surface area contributed by atoms with Gasteiger partial charge in [0.1, 0.15) is 5.75 Å². The van der Waals surface area contributed by atoms with E-state index < -0.39 is 6.10 Å². The summed E-state index contributed by atoms with van der Waals surface area (Å²) in [6.07, 6.45) is 4.36. The lowest BCUT2D eigenvalue weighted by Crippen LogP contribution is -2.27. The molecule has 0 saturated heterocycles. The van der Waals surface area contributed by atoms with Crippen LogP contribution in [0.3, 0.4) is 0 Å². The molecule has 0 spiro atoms. The van der Waals surface area contributed by atoms with Gasteiger partial charge in [-0.3, -0.25) is 4.79 Å². The molecule has 6 nitrogen and oxygen atoms in total. The third-order valence-electron chi connectivity index (χ3n) is 3.92. The number of rotatable bonds is 11. The van der Waals surface area contributed by atoms with Gasteiger partial charge in [0.2, 0.25) is 6.41 Å². The van der Waals surface area contributed by atoms with Crippen molar-refractivity contribution in [2.75, 3.05) is 38.5 Å². The standard InChI is InChI=1S/C18H29N3O3/c1-4-7-15-14(8-9-16(23)18(15)20-13-22)17(24)12-19-10-6-11-21(3)5-2/h4,7-9,13,17,19,23-24H,5-6,10-12H2,1-3H3,(H,20,22)/b7-4-. The van der Waals surface area contributed by atoms with Crippen molar-refractivity contribution in [3.05, 3.63) is 29.3 Å². The van der Waals surface area contributed by atoms with Crippen molar-refractivity contribution < 1.29 is 15.0 Å². The zero-order chi connectivity index (χ0) is 17.9. The maximum atomic E-state index is 10.8. The van der Waals surface area contributed by atoms with Crippen LogP contribution in [0.5, 0.6) is 5.75 Å². The number of aliphatic hydroxyl groups excluding tert-OH is 1. The first-order valence-electron chi connectivity index (χ1n) is 8.31. The minimum absolute atomic E-state index is 0.0262. The Hall–Kier alpha value is -1.89. The Morgan fingerprint density at radius 2 is 2.12 bits per heavy atom. The molecule has 4 N–H and O–H groups in total. The van der Waals surface area contributed by atoms with Crippen molar-refractivity contribution in [3.63, 3.8) is 0 Å². The average Bonchev–Trinajstić information content (AvgIpc) is 2.57. The quantitative estimate of drug-likeness (QED) is 0.282. The van der Waals surface area contributed by atoms with Gasteiger partial charge >= 0.3 is 0 Å². The summed E-state index contributed by atoms with van der Waals surface area (Å²) >= 11 is 0. The van der Waals surface area contributed by atoms with Crippen LogP contribution in [-0.2, 0) is 4.79 Å². The first kappa shape index (κ1) is 20.2. The van der Waals surface area contributed by atoms with E-state index in [1.54, 1.807) is 18.2 Å². The molecule has 1 aromatic rings. The van der Waals surface area contributed by atoms with Gasteiger partial charge in [-0.05, 0) is 51.7 Å². The maximum absolute atomic E-state index is 10.8. The molecule has 6 heteroatoms.